The Kier molecular flexibility index (Phi) is 7.87. The van der Waals surface area contributed by atoms with Crippen LogP contribution in [0.1, 0.15) is 37.1 Å². The summed E-state index contributed by atoms with van der Waals surface area (Å²) in [5.74, 6) is 1.86. The number of guanidine groups is 1. The van der Waals surface area contributed by atoms with Gasteiger partial charge in [0.15, 0.2) is 5.96 Å². The Bertz CT molecular complexity index is 431. The number of halogens is 1. The van der Waals surface area contributed by atoms with E-state index in [9.17, 15) is 0 Å². The van der Waals surface area contributed by atoms with Crippen molar-refractivity contribution in [2.45, 2.75) is 40.2 Å². The van der Waals surface area contributed by atoms with Crippen molar-refractivity contribution < 1.29 is 0 Å². The third-order valence-electron chi connectivity index (χ3n) is 3.63. The third kappa shape index (κ3) is 4.91. The van der Waals surface area contributed by atoms with E-state index in [1.807, 2.05) is 0 Å². The average molecular weight is 407 g/mol. The highest BCUT2D eigenvalue weighted by Crippen LogP contribution is 2.18. The normalized spacial score (nSPS) is 19.6. The van der Waals surface area contributed by atoms with Gasteiger partial charge in [-0.2, -0.15) is 0 Å². The van der Waals surface area contributed by atoms with E-state index < -0.39 is 0 Å². The number of piperidine rings is 1. The second-order valence-corrected chi connectivity index (χ2v) is 6.39. The highest BCUT2D eigenvalue weighted by Gasteiger charge is 2.19. The first-order valence-corrected chi connectivity index (χ1v) is 8.15. The highest BCUT2D eigenvalue weighted by atomic mass is 127. The van der Waals surface area contributed by atoms with Crippen LogP contribution in [0.3, 0.4) is 0 Å². The minimum absolute atomic E-state index is 0. The minimum Gasteiger partial charge on any atom is -0.357 e. The zero-order chi connectivity index (χ0) is 13.7. The molecular weight excluding hydrogens is 381 g/mol. The molecule has 1 aromatic heterocycles. The topological polar surface area (TPSA) is 27.6 Å². The van der Waals surface area contributed by atoms with Crippen molar-refractivity contribution >= 4 is 41.3 Å². The van der Waals surface area contributed by atoms with E-state index >= 15 is 0 Å². The van der Waals surface area contributed by atoms with Crippen LogP contribution in [-0.2, 0) is 6.54 Å². The SMILES string of the molecule is CCNC(=NCc1sccc1C)N1CCCC(C)C1.I. The zero-order valence-corrected chi connectivity index (χ0v) is 15.8. The average Bonchev–Trinajstić information content (AvgIpc) is 2.80. The largest absolute Gasteiger partial charge is 0.357 e. The molecule has 0 saturated carbocycles. The molecule has 1 unspecified atom stereocenters. The molecule has 114 valence electrons. The van der Waals surface area contributed by atoms with E-state index in [1.165, 1.54) is 23.3 Å². The molecule has 5 heteroatoms. The molecule has 2 heterocycles. The van der Waals surface area contributed by atoms with E-state index in [4.69, 9.17) is 4.99 Å². The van der Waals surface area contributed by atoms with E-state index in [0.717, 1.165) is 38.1 Å². The smallest absolute Gasteiger partial charge is 0.194 e. The number of hydrogen-bond acceptors (Lipinski definition) is 2. The second-order valence-electron chi connectivity index (χ2n) is 5.39. The quantitative estimate of drug-likeness (QED) is 0.468. The molecule has 1 atom stereocenters. The van der Waals surface area contributed by atoms with Gasteiger partial charge in [0.1, 0.15) is 0 Å². The number of likely N-dealkylation sites (tertiary alicyclic amines) is 1. The van der Waals surface area contributed by atoms with E-state index in [0.29, 0.717) is 0 Å². The summed E-state index contributed by atoms with van der Waals surface area (Å²) >= 11 is 1.80. The van der Waals surface area contributed by atoms with Crippen LogP contribution in [0.4, 0.5) is 0 Å². The van der Waals surface area contributed by atoms with Gasteiger partial charge in [-0.15, -0.1) is 35.3 Å². The molecule has 0 aliphatic carbocycles. The summed E-state index contributed by atoms with van der Waals surface area (Å²) in [4.78, 5) is 8.61. The van der Waals surface area contributed by atoms with Crippen LogP contribution in [0.25, 0.3) is 0 Å². The molecular formula is C15H26IN3S. The van der Waals surface area contributed by atoms with Crippen molar-refractivity contribution in [3.63, 3.8) is 0 Å². The van der Waals surface area contributed by atoms with Crippen LogP contribution < -0.4 is 5.32 Å². The van der Waals surface area contributed by atoms with Crippen LogP contribution in [0, 0.1) is 12.8 Å². The summed E-state index contributed by atoms with van der Waals surface area (Å²) in [6.45, 7) is 10.6. The molecule has 0 amide bonds. The van der Waals surface area contributed by atoms with Crippen molar-refractivity contribution in [1.82, 2.24) is 10.2 Å². The van der Waals surface area contributed by atoms with Crippen molar-refractivity contribution in [3.8, 4) is 0 Å². The zero-order valence-electron chi connectivity index (χ0n) is 12.7. The lowest BCUT2D eigenvalue weighted by Gasteiger charge is -2.33. The molecule has 1 aliphatic rings. The Balaban J connectivity index is 0.00000200. The Morgan fingerprint density at radius 3 is 2.95 bits per heavy atom. The van der Waals surface area contributed by atoms with Crippen LogP contribution in [0.5, 0.6) is 0 Å². The summed E-state index contributed by atoms with van der Waals surface area (Å²) < 4.78 is 0. The van der Waals surface area contributed by atoms with Gasteiger partial charge in [-0.3, -0.25) is 0 Å². The molecule has 1 saturated heterocycles. The number of rotatable bonds is 3. The maximum absolute atomic E-state index is 4.82. The van der Waals surface area contributed by atoms with Gasteiger partial charge < -0.3 is 10.2 Å². The van der Waals surface area contributed by atoms with Crippen molar-refractivity contribution in [1.29, 1.82) is 0 Å². The fourth-order valence-electron chi connectivity index (χ4n) is 2.52. The maximum atomic E-state index is 4.82. The van der Waals surface area contributed by atoms with E-state index in [1.54, 1.807) is 11.3 Å². The fourth-order valence-corrected chi connectivity index (χ4v) is 3.35. The van der Waals surface area contributed by atoms with Crippen molar-refractivity contribution in [2.75, 3.05) is 19.6 Å². The molecule has 1 aliphatic heterocycles. The summed E-state index contributed by atoms with van der Waals surface area (Å²) in [6, 6.07) is 2.17. The molecule has 3 nitrogen and oxygen atoms in total. The lowest BCUT2D eigenvalue weighted by atomic mass is 10.0. The van der Waals surface area contributed by atoms with Crippen LogP contribution in [0.2, 0.25) is 0 Å². The van der Waals surface area contributed by atoms with Gasteiger partial charge in [-0.25, -0.2) is 4.99 Å². The molecule has 0 radical (unpaired) electrons. The van der Waals surface area contributed by atoms with Gasteiger partial charge in [-0.05, 0) is 49.6 Å². The molecule has 1 N–H and O–H groups in total. The predicted molar refractivity (Wildman–Crippen MR) is 99.3 cm³/mol. The monoisotopic (exact) mass is 407 g/mol. The summed E-state index contributed by atoms with van der Waals surface area (Å²) in [5.41, 5.74) is 1.36. The summed E-state index contributed by atoms with van der Waals surface area (Å²) in [5, 5.41) is 5.58. The summed E-state index contributed by atoms with van der Waals surface area (Å²) in [6.07, 6.45) is 2.63. The first-order valence-electron chi connectivity index (χ1n) is 7.27. The number of nitrogens with one attached hydrogen (secondary N) is 1. The van der Waals surface area contributed by atoms with Crippen LogP contribution >= 0.6 is 35.3 Å². The van der Waals surface area contributed by atoms with Gasteiger partial charge >= 0.3 is 0 Å². The van der Waals surface area contributed by atoms with Crippen LogP contribution in [-0.4, -0.2) is 30.5 Å². The standard InChI is InChI=1S/C15H25N3S.HI/c1-4-16-15(18-8-5-6-12(2)11-18)17-10-14-13(3)7-9-19-14;/h7,9,12H,4-6,8,10-11H2,1-3H3,(H,16,17);1H. The highest BCUT2D eigenvalue weighted by molar-refractivity contribution is 14.0. The van der Waals surface area contributed by atoms with Gasteiger partial charge in [0.2, 0.25) is 0 Å². The number of hydrogen-bond donors (Lipinski definition) is 1. The number of aryl methyl sites for hydroxylation is 1. The minimum atomic E-state index is 0. The Labute approximate surface area is 143 Å². The molecule has 1 aromatic rings. The second kappa shape index (κ2) is 8.87. The van der Waals surface area contributed by atoms with Crippen molar-refractivity contribution in [3.05, 3.63) is 21.9 Å². The van der Waals surface area contributed by atoms with Crippen molar-refractivity contribution in [2.24, 2.45) is 10.9 Å². The molecule has 0 aromatic carbocycles. The maximum Gasteiger partial charge on any atom is 0.194 e. The van der Waals surface area contributed by atoms with Crippen LogP contribution in [0.15, 0.2) is 16.4 Å². The molecule has 2 rings (SSSR count). The lowest BCUT2D eigenvalue weighted by molar-refractivity contribution is 0.266. The molecule has 0 bridgehead atoms. The summed E-state index contributed by atoms with van der Waals surface area (Å²) in [7, 11) is 0. The first kappa shape index (κ1) is 17.8. The molecule has 0 spiro atoms. The van der Waals surface area contributed by atoms with Gasteiger partial charge in [-0.1, -0.05) is 6.92 Å². The molecule has 1 fully saturated rings. The van der Waals surface area contributed by atoms with Gasteiger partial charge in [0, 0.05) is 24.5 Å². The fraction of sp³-hybridized carbons (Fsp3) is 0.667. The molecule has 20 heavy (non-hydrogen) atoms. The Morgan fingerprint density at radius 1 is 1.55 bits per heavy atom. The van der Waals surface area contributed by atoms with E-state index in [-0.39, 0.29) is 24.0 Å². The first-order chi connectivity index (χ1) is 9.20. The lowest BCUT2D eigenvalue weighted by Crippen LogP contribution is -2.46. The Morgan fingerprint density at radius 2 is 2.35 bits per heavy atom. The number of aliphatic imine (C=N–C) groups is 1. The number of thiophene rings is 1. The van der Waals surface area contributed by atoms with Gasteiger partial charge in [0.05, 0.1) is 6.54 Å². The number of nitrogens with zero attached hydrogens (tertiary/aromatic N) is 2. The van der Waals surface area contributed by atoms with E-state index in [2.05, 4.69) is 42.4 Å². The third-order valence-corrected chi connectivity index (χ3v) is 4.64. The Hall–Kier alpha value is -0.300. The predicted octanol–water partition coefficient (Wildman–Crippen LogP) is 3.87. The van der Waals surface area contributed by atoms with Gasteiger partial charge in [0.25, 0.3) is 0 Å².